The second kappa shape index (κ2) is 8.27. The zero-order valence-electron chi connectivity index (χ0n) is 15.7. The van der Waals surface area contributed by atoms with Gasteiger partial charge >= 0.3 is 0 Å². The number of methoxy groups -OCH3 is 3. The predicted octanol–water partition coefficient (Wildman–Crippen LogP) is 3.95. The van der Waals surface area contributed by atoms with Gasteiger partial charge in [0.25, 0.3) is 0 Å². The third-order valence-corrected chi connectivity index (χ3v) is 4.04. The molecule has 0 saturated carbocycles. The summed E-state index contributed by atoms with van der Waals surface area (Å²) in [6, 6.07) is 11.6. The van der Waals surface area contributed by atoms with Gasteiger partial charge in [0.1, 0.15) is 5.82 Å². The lowest BCUT2D eigenvalue weighted by Crippen LogP contribution is -2.00. The van der Waals surface area contributed by atoms with E-state index in [0.29, 0.717) is 23.1 Å². The van der Waals surface area contributed by atoms with Crippen molar-refractivity contribution in [1.82, 2.24) is 9.97 Å². The maximum Gasteiger partial charge on any atom is 0.203 e. The molecule has 0 bridgehead atoms. The molecule has 0 spiro atoms. The molecule has 3 rings (SSSR count). The van der Waals surface area contributed by atoms with Crippen molar-refractivity contribution in [3.63, 3.8) is 0 Å². The number of ether oxygens (including phenoxy) is 3. The minimum absolute atomic E-state index is 0.537. The number of nitrogens with zero attached hydrogens (tertiary/aromatic N) is 2. The highest BCUT2D eigenvalue weighted by atomic mass is 16.5. The summed E-state index contributed by atoms with van der Waals surface area (Å²) in [5.41, 5.74) is 3.55. The summed E-state index contributed by atoms with van der Waals surface area (Å²) in [7, 11) is 6.62. The molecule has 0 unspecified atom stereocenters. The third-order valence-electron chi connectivity index (χ3n) is 4.04. The van der Waals surface area contributed by atoms with Gasteiger partial charge in [-0.25, -0.2) is 4.98 Å². The van der Waals surface area contributed by atoms with Crippen LogP contribution in [0, 0.1) is 0 Å². The predicted molar refractivity (Wildman–Crippen MR) is 106 cm³/mol. The Morgan fingerprint density at radius 1 is 0.815 bits per heavy atom. The Kier molecular flexibility index (Phi) is 5.61. The van der Waals surface area contributed by atoms with Crippen molar-refractivity contribution in [3.05, 3.63) is 48.8 Å². The lowest BCUT2D eigenvalue weighted by Gasteiger charge is -2.15. The van der Waals surface area contributed by atoms with Gasteiger partial charge in [-0.1, -0.05) is 12.1 Å². The Balaban J connectivity index is 1.90. The summed E-state index contributed by atoms with van der Waals surface area (Å²) in [6.07, 6.45) is 3.39. The van der Waals surface area contributed by atoms with Gasteiger partial charge < -0.3 is 24.8 Å². The van der Waals surface area contributed by atoms with E-state index in [9.17, 15) is 0 Å². The van der Waals surface area contributed by atoms with E-state index >= 15 is 0 Å². The van der Waals surface area contributed by atoms with Crippen LogP contribution in [0.5, 0.6) is 17.2 Å². The Morgan fingerprint density at radius 2 is 1.48 bits per heavy atom. The van der Waals surface area contributed by atoms with Gasteiger partial charge in [0.2, 0.25) is 5.75 Å². The number of benzene rings is 2. The molecule has 7 nitrogen and oxygen atoms in total. The van der Waals surface area contributed by atoms with E-state index in [0.717, 1.165) is 22.6 Å². The average molecular weight is 366 g/mol. The normalized spacial score (nSPS) is 10.2. The van der Waals surface area contributed by atoms with Gasteiger partial charge in [-0.15, -0.1) is 0 Å². The average Bonchev–Trinajstić information content (AvgIpc) is 2.73. The molecule has 0 saturated heterocycles. The molecular formula is C20H22N4O3. The van der Waals surface area contributed by atoms with Crippen molar-refractivity contribution < 1.29 is 14.2 Å². The van der Waals surface area contributed by atoms with Crippen molar-refractivity contribution in [2.75, 3.05) is 39.0 Å². The second-order valence-corrected chi connectivity index (χ2v) is 5.66. The van der Waals surface area contributed by atoms with E-state index in [1.807, 2.05) is 43.4 Å². The third kappa shape index (κ3) is 4.03. The highest BCUT2D eigenvalue weighted by Gasteiger charge is 2.13. The maximum atomic E-state index is 5.38. The maximum absolute atomic E-state index is 5.38. The van der Waals surface area contributed by atoms with Crippen molar-refractivity contribution >= 4 is 17.2 Å². The van der Waals surface area contributed by atoms with Crippen LogP contribution >= 0.6 is 0 Å². The van der Waals surface area contributed by atoms with Crippen molar-refractivity contribution in [2.45, 2.75) is 0 Å². The first-order chi connectivity index (χ1) is 13.2. The molecule has 1 aromatic heterocycles. The van der Waals surface area contributed by atoms with Crippen LogP contribution in [0.25, 0.3) is 11.3 Å². The molecule has 0 aliphatic heterocycles. The topological polar surface area (TPSA) is 77.5 Å². The molecule has 27 heavy (non-hydrogen) atoms. The molecule has 0 radical (unpaired) electrons. The minimum Gasteiger partial charge on any atom is -0.493 e. The number of hydrogen-bond acceptors (Lipinski definition) is 7. The molecule has 7 heteroatoms. The van der Waals surface area contributed by atoms with Crippen LogP contribution in [0.15, 0.2) is 48.8 Å². The van der Waals surface area contributed by atoms with Gasteiger partial charge in [0.05, 0.1) is 39.4 Å². The zero-order valence-corrected chi connectivity index (χ0v) is 15.7. The fourth-order valence-electron chi connectivity index (χ4n) is 2.67. The SMILES string of the molecule is CNc1ccc(-c2cncc(Nc3cc(OC)c(OC)c(OC)c3)n2)cc1. The second-order valence-electron chi connectivity index (χ2n) is 5.66. The number of anilines is 3. The molecule has 0 atom stereocenters. The highest BCUT2D eigenvalue weighted by molar-refractivity contribution is 5.68. The lowest BCUT2D eigenvalue weighted by molar-refractivity contribution is 0.324. The first-order valence-corrected chi connectivity index (χ1v) is 8.35. The van der Waals surface area contributed by atoms with E-state index in [2.05, 4.69) is 20.6 Å². The smallest absolute Gasteiger partial charge is 0.203 e. The van der Waals surface area contributed by atoms with E-state index in [-0.39, 0.29) is 0 Å². The van der Waals surface area contributed by atoms with Crippen LogP contribution in [0.1, 0.15) is 0 Å². The fraction of sp³-hybridized carbons (Fsp3) is 0.200. The van der Waals surface area contributed by atoms with Gasteiger partial charge in [0.15, 0.2) is 11.5 Å². The summed E-state index contributed by atoms with van der Waals surface area (Å²) in [6.45, 7) is 0. The summed E-state index contributed by atoms with van der Waals surface area (Å²) < 4.78 is 16.1. The van der Waals surface area contributed by atoms with Crippen LogP contribution in [0.4, 0.5) is 17.2 Å². The number of nitrogens with one attached hydrogen (secondary N) is 2. The van der Waals surface area contributed by atoms with Crippen molar-refractivity contribution in [1.29, 1.82) is 0 Å². The summed E-state index contributed by atoms with van der Waals surface area (Å²) in [4.78, 5) is 8.93. The molecule has 140 valence electrons. The summed E-state index contributed by atoms with van der Waals surface area (Å²) in [5, 5.41) is 6.33. The summed E-state index contributed by atoms with van der Waals surface area (Å²) in [5.74, 6) is 2.27. The molecule has 0 aliphatic rings. The van der Waals surface area contributed by atoms with Gasteiger partial charge in [0, 0.05) is 36.1 Å². The fourth-order valence-corrected chi connectivity index (χ4v) is 2.67. The molecule has 0 aliphatic carbocycles. The number of hydrogen-bond donors (Lipinski definition) is 2. The molecule has 3 aromatic rings. The van der Waals surface area contributed by atoms with Crippen LogP contribution in [-0.4, -0.2) is 38.3 Å². The largest absolute Gasteiger partial charge is 0.493 e. The molecule has 2 aromatic carbocycles. The monoisotopic (exact) mass is 366 g/mol. The molecule has 2 N–H and O–H groups in total. The van der Waals surface area contributed by atoms with Crippen molar-refractivity contribution in [3.8, 4) is 28.5 Å². The number of aromatic nitrogens is 2. The van der Waals surface area contributed by atoms with Crippen LogP contribution in [-0.2, 0) is 0 Å². The molecule has 0 amide bonds. The van der Waals surface area contributed by atoms with Crippen molar-refractivity contribution in [2.24, 2.45) is 0 Å². The Hall–Kier alpha value is -3.48. The van der Waals surface area contributed by atoms with E-state index in [1.54, 1.807) is 33.7 Å². The Morgan fingerprint density at radius 3 is 2.04 bits per heavy atom. The van der Waals surface area contributed by atoms with E-state index in [4.69, 9.17) is 14.2 Å². The lowest BCUT2D eigenvalue weighted by atomic mass is 10.1. The number of rotatable bonds is 7. The van der Waals surface area contributed by atoms with Crippen LogP contribution in [0.3, 0.4) is 0 Å². The van der Waals surface area contributed by atoms with E-state index < -0.39 is 0 Å². The first-order valence-electron chi connectivity index (χ1n) is 8.35. The standard InChI is InChI=1S/C20H22N4O3/c1-21-14-7-5-13(6-8-14)16-11-22-12-19(24-16)23-15-9-17(25-2)20(27-4)18(10-15)26-3/h5-12,21H,1-4H3,(H,23,24). The van der Waals surface area contributed by atoms with Gasteiger partial charge in [-0.3, -0.25) is 4.98 Å². The summed E-state index contributed by atoms with van der Waals surface area (Å²) >= 11 is 0. The van der Waals surface area contributed by atoms with E-state index in [1.165, 1.54) is 0 Å². The molecule has 1 heterocycles. The zero-order chi connectivity index (χ0) is 19.2. The van der Waals surface area contributed by atoms with Crippen LogP contribution in [0.2, 0.25) is 0 Å². The van der Waals surface area contributed by atoms with Gasteiger partial charge in [-0.05, 0) is 12.1 Å². The quantitative estimate of drug-likeness (QED) is 0.655. The van der Waals surface area contributed by atoms with Crippen LogP contribution < -0.4 is 24.8 Å². The Bertz CT molecular complexity index is 888. The van der Waals surface area contributed by atoms with Gasteiger partial charge in [-0.2, -0.15) is 0 Å². The molecular weight excluding hydrogens is 344 g/mol. The highest BCUT2D eigenvalue weighted by Crippen LogP contribution is 2.40. The molecule has 0 fully saturated rings. The first kappa shape index (κ1) is 18.3. The minimum atomic E-state index is 0.537. The Labute approximate surface area is 158 Å².